The Kier molecular flexibility index (Phi) is 6.01. The van der Waals surface area contributed by atoms with Crippen LogP contribution in [-0.4, -0.2) is 23.6 Å². The van der Waals surface area contributed by atoms with Crippen LogP contribution in [0, 0.1) is 3.57 Å². The number of nitrogens with one attached hydrogen (secondary N) is 2. The van der Waals surface area contributed by atoms with Crippen molar-refractivity contribution in [1.82, 2.24) is 9.97 Å². The van der Waals surface area contributed by atoms with Crippen LogP contribution in [0.1, 0.15) is 12.7 Å². The Morgan fingerprint density at radius 1 is 1.24 bits per heavy atom. The van der Waals surface area contributed by atoms with E-state index in [-0.39, 0.29) is 0 Å². The van der Waals surface area contributed by atoms with Gasteiger partial charge in [0.25, 0.3) is 0 Å². The number of ether oxygens (including phenoxy) is 1. The minimum Gasteiger partial charge on any atom is -0.374 e. The van der Waals surface area contributed by atoms with E-state index in [1.165, 1.54) is 0 Å². The van der Waals surface area contributed by atoms with Crippen molar-refractivity contribution in [1.29, 1.82) is 0 Å². The number of anilines is 3. The molecular formula is C14H16ClIN4O. The van der Waals surface area contributed by atoms with Gasteiger partial charge < -0.3 is 15.4 Å². The Hall–Kier alpha value is -1.12. The molecule has 0 amide bonds. The van der Waals surface area contributed by atoms with Crippen LogP contribution in [0.4, 0.5) is 17.3 Å². The molecule has 2 N–H and O–H groups in total. The molecule has 7 heteroatoms. The Balaban J connectivity index is 2.25. The molecule has 0 atom stereocenters. The lowest BCUT2D eigenvalue weighted by Gasteiger charge is -2.11. The van der Waals surface area contributed by atoms with Gasteiger partial charge in [0.2, 0.25) is 0 Å². The molecule has 0 bridgehead atoms. The molecule has 0 aliphatic heterocycles. The lowest BCUT2D eigenvalue weighted by molar-refractivity contribution is 0.128. The third-order valence-corrected chi connectivity index (χ3v) is 3.79. The van der Waals surface area contributed by atoms with Crippen molar-refractivity contribution in [2.75, 3.05) is 24.3 Å². The summed E-state index contributed by atoms with van der Waals surface area (Å²) < 4.78 is 6.39. The van der Waals surface area contributed by atoms with Gasteiger partial charge >= 0.3 is 0 Å². The van der Waals surface area contributed by atoms with Gasteiger partial charge in [0.05, 0.1) is 5.69 Å². The molecule has 21 heavy (non-hydrogen) atoms. The highest BCUT2D eigenvalue weighted by Crippen LogP contribution is 2.25. The predicted octanol–water partition coefficient (Wildman–Crippen LogP) is 4.06. The third kappa shape index (κ3) is 4.69. The molecule has 0 spiro atoms. The number of aromatic nitrogens is 2. The summed E-state index contributed by atoms with van der Waals surface area (Å²) in [6.07, 6.45) is 0. The second kappa shape index (κ2) is 7.77. The van der Waals surface area contributed by atoms with Gasteiger partial charge in [-0.05, 0) is 47.7 Å². The van der Waals surface area contributed by atoms with Gasteiger partial charge in [-0.3, -0.25) is 0 Å². The van der Waals surface area contributed by atoms with Crippen molar-refractivity contribution < 1.29 is 4.74 Å². The molecule has 2 aromatic rings. The van der Waals surface area contributed by atoms with Crippen LogP contribution in [0.3, 0.4) is 0 Å². The summed E-state index contributed by atoms with van der Waals surface area (Å²) in [5, 5.41) is 7.01. The number of nitrogens with zero attached hydrogens (tertiary/aromatic N) is 2. The van der Waals surface area contributed by atoms with Crippen molar-refractivity contribution in [3.8, 4) is 0 Å². The smallest absolute Gasteiger partial charge is 0.158 e. The highest BCUT2D eigenvalue weighted by molar-refractivity contribution is 14.1. The summed E-state index contributed by atoms with van der Waals surface area (Å²) in [5.41, 5.74) is 0.947. The molecule has 0 aliphatic carbocycles. The standard InChI is InChI=1S/C14H16ClIN4O/c1-3-21-8-14-19-12(17-2)7-13(20-14)18-11-5-4-9(15)6-10(11)16/h4-7H,3,8H2,1-2H3,(H2,17,18,19,20). The van der Waals surface area contributed by atoms with Gasteiger partial charge in [-0.25, -0.2) is 9.97 Å². The fraction of sp³-hybridized carbons (Fsp3) is 0.286. The number of hydrogen-bond donors (Lipinski definition) is 2. The molecule has 0 radical (unpaired) electrons. The van der Waals surface area contributed by atoms with Gasteiger partial charge in [-0.15, -0.1) is 0 Å². The average Bonchev–Trinajstić information content (AvgIpc) is 2.48. The molecule has 2 rings (SSSR count). The fourth-order valence-electron chi connectivity index (χ4n) is 1.68. The molecule has 1 aromatic carbocycles. The third-order valence-electron chi connectivity index (χ3n) is 2.66. The number of halogens is 2. The van der Waals surface area contributed by atoms with Crippen molar-refractivity contribution in [3.05, 3.63) is 38.7 Å². The van der Waals surface area contributed by atoms with E-state index in [0.29, 0.717) is 29.9 Å². The maximum atomic E-state index is 5.97. The summed E-state index contributed by atoms with van der Waals surface area (Å²) in [6, 6.07) is 7.51. The van der Waals surface area contributed by atoms with Crippen LogP contribution in [0.2, 0.25) is 5.02 Å². The Morgan fingerprint density at radius 3 is 2.67 bits per heavy atom. The van der Waals surface area contributed by atoms with Crippen molar-refractivity contribution in [2.24, 2.45) is 0 Å². The highest BCUT2D eigenvalue weighted by Gasteiger charge is 2.07. The lowest BCUT2D eigenvalue weighted by atomic mass is 10.3. The van der Waals surface area contributed by atoms with Crippen LogP contribution in [-0.2, 0) is 11.3 Å². The first-order valence-corrected chi connectivity index (χ1v) is 7.93. The van der Waals surface area contributed by atoms with Gasteiger partial charge in [0.15, 0.2) is 5.82 Å². The van der Waals surface area contributed by atoms with Crippen LogP contribution >= 0.6 is 34.2 Å². The normalized spacial score (nSPS) is 10.5. The van der Waals surface area contributed by atoms with Crippen LogP contribution < -0.4 is 10.6 Å². The zero-order valence-electron chi connectivity index (χ0n) is 11.8. The van der Waals surface area contributed by atoms with E-state index in [1.807, 2.05) is 38.2 Å². The largest absolute Gasteiger partial charge is 0.374 e. The summed E-state index contributed by atoms with van der Waals surface area (Å²) in [6.45, 7) is 2.96. The second-order valence-electron chi connectivity index (χ2n) is 4.19. The van der Waals surface area contributed by atoms with Gasteiger partial charge in [0, 0.05) is 28.3 Å². The molecule has 0 unspecified atom stereocenters. The number of rotatable bonds is 6. The number of benzene rings is 1. The lowest BCUT2D eigenvalue weighted by Crippen LogP contribution is -2.06. The molecule has 0 aliphatic rings. The van der Waals surface area contributed by atoms with Crippen LogP contribution in [0.25, 0.3) is 0 Å². The summed E-state index contributed by atoms with van der Waals surface area (Å²) in [4.78, 5) is 8.81. The molecule has 1 aromatic heterocycles. The van der Waals surface area contributed by atoms with E-state index < -0.39 is 0 Å². The Labute approximate surface area is 142 Å². The maximum Gasteiger partial charge on any atom is 0.158 e. The minimum atomic E-state index is 0.387. The molecule has 1 heterocycles. The SMILES string of the molecule is CCOCc1nc(NC)cc(Nc2ccc(Cl)cc2I)n1. The topological polar surface area (TPSA) is 59.1 Å². The predicted molar refractivity (Wildman–Crippen MR) is 94.4 cm³/mol. The number of hydrogen-bond acceptors (Lipinski definition) is 5. The Morgan fingerprint density at radius 2 is 2.00 bits per heavy atom. The first-order chi connectivity index (χ1) is 10.1. The summed E-state index contributed by atoms with van der Waals surface area (Å²) in [7, 11) is 1.82. The summed E-state index contributed by atoms with van der Waals surface area (Å²) in [5.74, 6) is 2.09. The zero-order valence-corrected chi connectivity index (χ0v) is 14.7. The van der Waals surface area contributed by atoms with Crippen molar-refractivity contribution in [2.45, 2.75) is 13.5 Å². The van der Waals surface area contributed by atoms with E-state index in [9.17, 15) is 0 Å². The quantitative estimate of drug-likeness (QED) is 0.693. The monoisotopic (exact) mass is 418 g/mol. The molecule has 112 valence electrons. The maximum absolute atomic E-state index is 5.97. The first-order valence-electron chi connectivity index (χ1n) is 6.48. The van der Waals surface area contributed by atoms with E-state index in [1.54, 1.807) is 0 Å². The molecular weight excluding hydrogens is 403 g/mol. The first kappa shape index (κ1) is 16.3. The van der Waals surface area contributed by atoms with Crippen LogP contribution in [0.15, 0.2) is 24.3 Å². The molecule has 5 nitrogen and oxygen atoms in total. The van der Waals surface area contributed by atoms with E-state index in [4.69, 9.17) is 16.3 Å². The van der Waals surface area contributed by atoms with Crippen molar-refractivity contribution in [3.63, 3.8) is 0 Å². The fourth-order valence-corrected chi connectivity index (χ4v) is 2.68. The zero-order chi connectivity index (χ0) is 15.2. The van der Waals surface area contributed by atoms with E-state index >= 15 is 0 Å². The molecule has 0 fully saturated rings. The van der Waals surface area contributed by atoms with E-state index in [0.717, 1.165) is 15.1 Å². The van der Waals surface area contributed by atoms with E-state index in [2.05, 4.69) is 43.2 Å². The van der Waals surface area contributed by atoms with Gasteiger partial charge in [0.1, 0.15) is 18.2 Å². The minimum absolute atomic E-state index is 0.387. The van der Waals surface area contributed by atoms with Gasteiger partial charge in [-0.2, -0.15) is 0 Å². The highest BCUT2D eigenvalue weighted by atomic mass is 127. The second-order valence-corrected chi connectivity index (χ2v) is 5.79. The molecule has 0 saturated carbocycles. The summed E-state index contributed by atoms with van der Waals surface area (Å²) >= 11 is 8.20. The van der Waals surface area contributed by atoms with Gasteiger partial charge in [-0.1, -0.05) is 11.6 Å². The average molecular weight is 419 g/mol. The Bertz CT molecular complexity index is 624. The van der Waals surface area contributed by atoms with Crippen molar-refractivity contribution >= 4 is 51.5 Å². The van der Waals surface area contributed by atoms with Crippen LogP contribution in [0.5, 0.6) is 0 Å². The molecule has 0 saturated heterocycles.